The van der Waals surface area contributed by atoms with Crippen LogP contribution >= 0.6 is 22.9 Å². The zero-order chi connectivity index (χ0) is 22.1. The maximum absolute atomic E-state index is 12.5. The van der Waals surface area contributed by atoms with Gasteiger partial charge in [0.25, 0.3) is 5.91 Å². The number of amides is 1. The monoisotopic (exact) mass is 453 g/mol. The van der Waals surface area contributed by atoms with Gasteiger partial charge in [0, 0.05) is 24.2 Å². The Kier molecular flexibility index (Phi) is 8.03. The van der Waals surface area contributed by atoms with E-state index in [4.69, 9.17) is 16.3 Å². The number of aromatic nitrogens is 4. The Balaban J connectivity index is 0.00000132. The minimum Gasteiger partial charge on any atom is -0.472 e. The van der Waals surface area contributed by atoms with Gasteiger partial charge in [-0.3, -0.25) is 15.1 Å². The van der Waals surface area contributed by atoms with Crippen molar-refractivity contribution < 1.29 is 9.53 Å². The van der Waals surface area contributed by atoms with Crippen LogP contribution in [0.2, 0.25) is 5.02 Å². The summed E-state index contributed by atoms with van der Waals surface area (Å²) in [5.74, 6) is -0.116. The lowest BCUT2D eigenvalue weighted by Crippen LogP contribution is -2.12. The number of ether oxygens (including phenoxy) is 1. The van der Waals surface area contributed by atoms with Crippen molar-refractivity contribution in [1.29, 1.82) is 0 Å². The third-order valence-electron chi connectivity index (χ3n) is 3.86. The molecule has 0 fully saturated rings. The van der Waals surface area contributed by atoms with Gasteiger partial charge in [0.05, 0.1) is 5.56 Å². The minimum absolute atomic E-state index is 0.253. The van der Waals surface area contributed by atoms with E-state index in [0.29, 0.717) is 22.3 Å². The highest BCUT2D eigenvalue weighted by molar-refractivity contribution is 7.18. The van der Waals surface area contributed by atoms with Crippen molar-refractivity contribution in [3.8, 4) is 16.5 Å². The maximum atomic E-state index is 12.5. The summed E-state index contributed by atoms with van der Waals surface area (Å²) < 4.78 is 5.63. The summed E-state index contributed by atoms with van der Waals surface area (Å²) in [4.78, 5) is 20.6. The summed E-state index contributed by atoms with van der Waals surface area (Å²) >= 11 is 7.49. The fourth-order valence-corrected chi connectivity index (χ4v) is 3.40. The quantitative estimate of drug-likeness (QED) is 0.414. The van der Waals surface area contributed by atoms with Crippen molar-refractivity contribution >= 4 is 34.0 Å². The van der Waals surface area contributed by atoms with Gasteiger partial charge < -0.3 is 4.74 Å². The van der Waals surface area contributed by atoms with Gasteiger partial charge in [-0.15, -0.1) is 10.2 Å². The molecule has 158 valence electrons. The Labute approximate surface area is 189 Å². The van der Waals surface area contributed by atoms with E-state index < -0.39 is 0 Å². The van der Waals surface area contributed by atoms with Crippen LogP contribution in [0.3, 0.4) is 0 Å². The minimum atomic E-state index is -0.383. The third-order valence-corrected chi connectivity index (χ3v) is 5.02. The van der Waals surface area contributed by atoms with Crippen molar-refractivity contribution in [2.75, 3.05) is 5.32 Å². The molecule has 0 aliphatic heterocycles. The molecule has 0 spiro atoms. The lowest BCUT2D eigenvalue weighted by atomic mass is 10.2. The first-order valence-electron chi connectivity index (χ1n) is 9.56. The molecule has 4 aromatic rings. The lowest BCUT2D eigenvalue weighted by Gasteiger charge is -2.08. The van der Waals surface area contributed by atoms with Gasteiger partial charge in [-0.05, 0) is 23.8 Å². The van der Waals surface area contributed by atoms with E-state index in [1.54, 1.807) is 12.4 Å². The SMILES string of the molecule is CC.O=C(Nc1nnc(-c2ccncc2)s1)c1cnc(OCc2ccccc2)c(Cl)c1. The van der Waals surface area contributed by atoms with Crippen molar-refractivity contribution in [3.63, 3.8) is 0 Å². The number of pyridine rings is 2. The molecule has 0 unspecified atom stereocenters. The number of nitrogens with zero attached hydrogens (tertiary/aromatic N) is 4. The van der Waals surface area contributed by atoms with Crippen LogP contribution in [0.25, 0.3) is 10.6 Å². The van der Waals surface area contributed by atoms with E-state index in [2.05, 4.69) is 25.5 Å². The van der Waals surface area contributed by atoms with Crippen LogP contribution < -0.4 is 10.1 Å². The van der Waals surface area contributed by atoms with E-state index in [-0.39, 0.29) is 16.8 Å². The normalized spacial score (nSPS) is 10.0. The molecule has 3 aromatic heterocycles. The zero-order valence-electron chi connectivity index (χ0n) is 16.9. The highest BCUT2D eigenvalue weighted by Gasteiger charge is 2.14. The van der Waals surface area contributed by atoms with Crippen LogP contribution in [0.1, 0.15) is 29.8 Å². The molecule has 0 bridgehead atoms. The Morgan fingerprint density at radius 1 is 1.10 bits per heavy atom. The molecule has 3 heterocycles. The van der Waals surface area contributed by atoms with E-state index in [9.17, 15) is 4.79 Å². The van der Waals surface area contributed by atoms with E-state index in [1.807, 2.05) is 56.3 Å². The van der Waals surface area contributed by atoms with Crippen LogP contribution in [-0.4, -0.2) is 26.1 Å². The molecule has 0 saturated carbocycles. The van der Waals surface area contributed by atoms with Crippen LogP contribution in [0.15, 0.2) is 67.1 Å². The highest BCUT2D eigenvalue weighted by atomic mass is 35.5. The molecule has 4 rings (SSSR count). The molecule has 0 saturated heterocycles. The number of rotatable bonds is 6. The molecular formula is C22H20ClN5O2S. The molecule has 0 atom stereocenters. The molecule has 0 radical (unpaired) electrons. The Bertz CT molecular complexity index is 1120. The van der Waals surface area contributed by atoms with Crippen LogP contribution in [0.5, 0.6) is 5.88 Å². The average molecular weight is 454 g/mol. The Hall–Kier alpha value is -3.36. The second-order valence-corrected chi connectivity index (χ2v) is 7.27. The van der Waals surface area contributed by atoms with Gasteiger partial charge >= 0.3 is 0 Å². The van der Waals surface area contributed by atoms with Gasteiger partial charge in [0.1, 0.15) is 16.6 Å². The fourth-order valence-electron chi connectivity index (χ4n) is 2.44. The summed E-state index contributed by atoms with van der Waals surface area (Å²) in [7, 11) is 0. The number of carbonyl (C=O) groups is 1. The predicted octanol–water partition coefficient (Wildman–Crippen LogP) is 5.51. The number of benzene rings is 1. The molecule has 1 N–H and O–H groups in total. The van der Waals surface area contributed by atoms with Gasteiger partial charge in [-0.1, -0.05) is 67.1 Å². The van der Waals surface area contributed by atoms with Crippen molar-refractivity contribution in [2.45, 2.75) is 20.5 Å². The van der Waals surface area contributed by atoms with Gasteiger partial charge in [-0.25, -0.2) is 4.98 Å². The van der Waals surface area contributed by atoms with Crippen LogP contribution in [0.4, 0.5) is 5.13 Å². The molecule has 7 nitrogen and oxygen atoms in total. The topological polar surface area (TPSA) is 89.9 Å². The van der Waals surface area contributed by atoms with E-state index >= 15 is 0 Å². The van der Waals surface area contributed by atoms with Crippen molar-refractivity contribution in [2.24, 2.45) is 0 Å². The number of hydrogen-bond donors (Lipinski definition) is 1. The molecule has 0 aliphatic rings. The van der Waals surface area contributed by atoms with Crippen LogP contribution in [0, 0.1) is 0 Å². The number of carbonyl (C=O) groups excluding carboxylic acids is 1. The molecular weight excluding hydrogens is 434 g/mol. The summed E-state index contributed by atoms with van der Waals surface area (Å²) in [6.07, 6.45) is 4.75. The standard InChI is InChI=1S/C20H14ClN5O2S.C2H6/c21-16-10-15(11-23-18(16)28-12-13-4-2-1-3-5-13)17(27)24-20-26-25-19(29-20)14-6-8-22-9-7-14;1-2/h1-11H,12H2,(H,24,26,27);1-2H3. The number of nitrogens with one attached hydrogen (secondary N) is 1. The summed E-state index contributed by atoms with van der Waals surface area (Å²) in [6.45, 7) is 4.33. The summed E-state index contributed by atoms with van der Waals surface area (Å²) in [5.41, 5.74) is 2.17. The number of anilines is 1. The highest BCUT2D eigenvalue weighted by Crippen LogP contribution is 2.27. The zero-order valence-corrected chi connectivity index (χ0v) is 18.5. The maximum Gasteiger partial charge on any atom is 0.259 e. The molecule has 1 amide bonds. The first-order chi connectivity index (χ1) is 15.2. The lowest BCUT2D eigenvalue weighted by molar-refractivity contribution is 0.102. The summed E-state index contributed by atoms with van der Waals surface area (Å²) in [5, 5.41) is 12.1. The average Bonchev–Trinajstić information content (AvgIpc) is 3.29. The van der Waals surface area contributed by atoms with Crippen LogP contribution in [-0.2, 0) is 6.61 Å². The smallest absolute Gasteiger partial charge is 0.259 e. The molecule has 31 heavy (non-hydrogen) atoms. The number of hydrogen-bond acceptors (Lipinski definition) is 7. The first-order valence-corrected chi connectivity index (χ1v) is 10.8. The third kappa shape index (κ3) is 6.07. The Morgan fingerprint density at radius 2 is 1.84 bits per heavy atom. The fraction of sp³-hybridized carbons (Fsp3) is 0.136. The molecule has 0 aliphatic carbocycles. The predicted molar refractivity (Wildman–Crippen MR) is 122 cm³/mol. The Morgan fingerprint density at radius 3 is 2.55 bits per heavy atom. The van der Waals surface area contributed by atoms with Gasteiger partial charge in [-0.2, -0.15) is 0 Å². The molecule has 9 heteroatoms. The van der Waals surface area contributed by atoms with Gasteiger partial charge in [0.2, 0.25) is 11.0 Å². The summed E-state index contributed by atoms with van der Waals surface area (Å²) in [6, 6.07) is 14.8. The molecule has 1 aromatic carbocycles. The first kappa shape index (κ1) is 22.3. The second-order valence-electron chi connectivity index (χ2n) is 5.89. The van der Waals surface area contributed by atoms with E-state index in [1.165, 1.54) is 23.6 Å². The second kappa shape index (κ2) is 11.1. The largest absolute Gasteiger partial charge is 0.472 e. The van der Waals surface area contributed by atoms with Crippen molar-refractivity contribution in [3.05, 3.63) is 83.3 Å². The van der Waals surface area contributed by atoms with Crippen molar-refractivity contribution in [1.82, 2.24) is 20.2 Å². The van der Waals surface area contributed by atoms with Gasteiger partial charge in [0.15, 0.2) is 0 Å². The number of halogens is 1. The van der Waals surface area contributed by atoms with E-state index in [0.717, 1.165) is 11.1 Å².